The molecule has 7 heteroatoms. The van der Waals surface area contributed by atoms with Gasteiger partial charge in [-0.1, -0.05) is 18.2 Å². The average Bonchev–Trinajstić information content (AvgIpc) is 2.99. The van der Waals surface area contributed by atoms with Gasteiger partial charge in [-0.3, -0.25) is 4.79 Å². The van der Waals surface area contributed by atoms with E-state index in [4.69, 9.17) is 0 Å². The van der Waals surface area contributed by atoms with E-state index < -0.39 is 0 Å². The second-order valence-corrected chi connectivity index (χ2v) is 7.53. The van der Waals surface area contributed by atoms with Gasteiger partial charge < -0.3 is 10.6 Å². The molecule has 0 bridgehead atoms. The molecule has 0 radical (unpaired) electrons. The van der Waals surface area contributed by atoms with Gasteiger partial charge in [-0.2, -0.15) is 0 Å². The maximum Gasteiger partial charge on any atom is 0.221 e. The summed E-state index contributed by atoms with van der Waals surface area (Å²) in [5, 5.41) is 6.99. The molecule has 0 fully saturated rings. The normalized spacial score (nSPS) is 10.8. The molecule has 4 aromatic rings. The first-order chi connectivity index (χ1) is 13.5. The number of aryl methyl sites for hydroxylation is 1. The van der Waals surface area contributed by atoms with Crippen LogP contribution in [-0.4, -0.2) is 15.9 Å². The summed E-state index contributed by atoms with van der Waals surface area (Å²) in [4.78, 5) is 22.1. The third kappa shape index (κ3) is 3.57. The number of fused-ring (bicyclic) bond motifs is 1. The minimum atomic E-state index is -0.273. The van der Waals surface area contributed by atoms with Crippen molar-refractivity contribution < 1.29 is 9.18 Å². The van der Waals surface area contributed by atoms with Crippen LogP contribution in [0.2, 0.25) is 0 Å². The van der Waals surface area contributed by atoms with E-state index >= 15 is 0 Å². The van der Waals surface area contributed by atoms with Crippen LogP contribution in [0.3, 0.4) is 0 Å². The first-order valence-electron chi connectivity index (χ1n) is 8.66. The molecular formula is C21H17FN4OS. The van der Waals surface area contributed by atoms with Crippen LogP contribution in [0.15, 0.2) is 54.9 Å². The van der Waals surface area contributed by atoms with E-state index in [9.17, 15) is 9.18 Å². The van der Waals surface area contributed by atoms with Crippen molar-refractivity contribution in [1.82, 2.24) is 9.97 Å². The number of carbonyl (C=O) groups excluding carboxylic acids is 1. The molecule has 0 spiro atoms. The Morgan fingerprint density at radius 3 is 2.57 bits per heavy atom. The van der Waals surface area contributed by atoms with Gasteiger partial charge in [0, 0.05) is 28.7 Å². The summed E-state index contributed by atoms with van der Waals surface area (Å²) < 4.78 is 13.4. The van der Waals surface area contributed by atoms with Crippen molar-refractivity contribution >= 4 is 44.7 Å². The molecule has 2 heterocycles. The van der Waals surface area contributed by atoms with E-state index in [2.05, 4.69) is 20.6 Å². The Kier molecular flexibility index (Phi) is 4.75. The van der Waals surface area contributed by atoms with E-state index in [1.165, 1.54) is 25.4 Å². The monoisotopic (exact) mass is 392 g/mol. The predicted molar refractivity (Wildman–Crippen MR) is 112 cm³/mol. The lowest BCUT2D eigenvalue weighted by Crippen LogP contribution is -2.05. The van der Waals surface area contributed by atoms with Crippen LogP contribution >= 0.6 is 11.3 Å². The van der Waals surface area contributed by atoms with Crippen molar-refractivity contribution in [2.45, 2.75) is 13.8 Å². The van der Waals surface area contributed by atoms with Gasteiger partial charge in [0.2, 0.25) is 5.91 Å². The summed E-state index contributed by atoms with van der Waals surface area (Å²) in [6.45, 7) is 3.49. The lowest BCUT2D eigenvalue weighted by atomic mass is 10.0. The fraction of sp³-hybridized carbons (Fsp3) is 0.0952. The summed E-state index contributed by atoms with van der Waals surface area (Å²) in [6, 6.07) is 13.8. The Morgan fingerprint density at radius 1 is 1.07 bits per heavy atom. The van der Waals surface area contributed by atoms with Crippen molar-refractivity contribution in [2.75, 3.05) is 10.6 Å². The van der Waals surface area contributed by atoms with Gasteiger partial charge in [-0.15, -0.1) is 11.3 Å². The van der Waals surface area contributed by atoms with Crippen molar-refractivity contribution in [3.8, 4) is 11.1 Å². The fourth-order valence-electron chi connectivity index (χ4n) is 3.12. The molecule has 5 nitrogen and oxygen atoms in total. The summed E-state index contributed by atoms with van der Waals surface area (Å²) in [5.41, 5.74) is 3.39. The maximum absolute atomic E-state index is 13.4. The topological polar surface area (TPSA) is 66.9 Å². The first kappa shape index (κ1) is 18.1. The molecule has 0 saturated carbocycles. The molecule has 1 amide bonds. The number of carbonyl (C=O) groups is 1. The average molecular weight is 392 g/mol. The molecule has 4 rings (SSSR count). The summed E-state index contributed by atoms with van der Waals surface area (Å²) in [7, 11) is 0. The van der Waals surface area contributed by atoms with Crippen LogP contribution in [0.25, 0.3) is 21.3 Å². The number of benzene rings is 2. The zero-order valence-corrected chi connectivity index (χ0v) is 16.1. The Balaban J connectivity index is 1.80. The number of halogens is 1. The van der Waals surface area contributed by atoms with Crippen LogP contribution in [0.1, 0.15) is 11.8 Å². The van der Waals surface area contributed by atoms with Crippen LogP contribution in [-0.2, 0) is 4.79 Å². The Labute approximate surface area is 165 Å². The highest BCUT2D eigenvalue weighted by Crippen LogP contribution is 2.41. The summed E-state index contributed by atoms with van der Waals surface area (Å²) in [5.74, 6) is 0.257. The van der Waals surface area contributed by atoms with Crippen LogP contribution < -0.4 is 10.6 Å². The molecule has 2 aromatic carbocycles. The Morgan fingerprint density at radius 2 is 1.82 bits per heavy atom. The molecule has 0 saturated heterocycles. The van der Waals surface area contributed by atoms with Gasteiger partial charge >= 0.3 is 0 Å². The SMILES string of the molecule is CC(=O)Nc1cccc(Nc2ncnc3sc(C)c(-c4ccc(F)cc4)c23)c1. The third-order valence-electron chi connectivity index (χ3n) is 4.24. The number of anilines is 3. The van der Waals surface area contributed by atoms with E-state index in [-0.39, 0.29) is 11.7 Å². The highest BCUT2D eigenvalue weighted by atomic mass is 32.1. The molecule has 0 aliphatic carbocycles. The summed E-state index contributed by atoms with van der Waals surface area (Å²) >= 11 is 1.57. The zero-order chi connectivity index (χ0) is 19.7. The number of hydrogen-bond donors (Lipinski definition) is 2. The lowest BCUT2D eigenvalue weighted by molar-refractivity contribution is -0.114. The molecule has 28 heavy (non-hydrogen) atoms. The van der Waals surface area contributed by atoms with Crippen molar-refractivity contribution in [2.24, 2.45) is 0 Å². The number of nitrogens with one attached hydrogen (secondary N) is 2. The number of nitrogens with zero attached hydrogens (tertiary/aromatic N) is 2. The van der Waals surface area contributed by atoms with E-state index in [0.29, 0.717) is 11.5 Å². The summed E-state index contributed by atoms with van der Waals surface area (Å²) in [6.07, 6.45) is 1.52. The minimum Gasteiger partial charge on any atom is -0.340 e. The second-order valence-electron chi connectivity index (χ2n) is 6.33. The Bertz CT molecular complexity index is 1170. The quantitative estimate of drug-likeness (QED) is 0.481. The lowest BCUT2D eigenvalue weighted by Gasteiger charge is -2.10. The van der Waals surface area contributed by atoms with Crippen molar-refractivity contribution in [1.29, 1.82) is 0 Å². The van der Waals surface area contributed by atoms with Crippen molar-refractivity contribution in [3.63, 3.8) is 0 Å². The number of thiophene rings is 1. The molecule has 0 atom stereocenters. The van der Waals surface area contributed by atoms with Gasteiger partial charge in [0.25, 0.3) is 0 Å². The highest BCUT2D eigenvalue weighted by molar-refractivity contribution is 7.19. The van der Waals surface area contributed by atoms with Crippen LogP contribution in [0.4, 0.5) is 21.6 Å². The minimum absolute atomic E-state index is 0.131. The third-order valence-corrected chi connectivity index (χ3v) is 5.26. The molecule has 0 aliphatic heterocycles. The number of rotatable bonds is 4. The highest BCUT2D eigenvalue weighted by Gasteiger charge is 2.17. The maximum atomic E-state index is 13.4. The second kappa shape index (κ2) is 7.36. The smallest absolute Gasteiger partial charge is 0.221 e. The van der Waals surface area contributed by atoms with Gasteiger partial charge in [0.1, 0.15) is 22.8 Å². The number of aromatic nitrogens is 2. The fourth-order valence-corrected chi connectivity index (χ4v) is 4.13. The first-order valence-corrected chi connectivity index (χ1v) is 9.47. The van der Waals surface area contributed by atoms with Crippen molar-refractivity contribution in [3.05, 3.63) is 65.6 Å². The zero-order valence-electron chi connectivity index (χ0n) is 15.3. The van der Waals surface area contributed by atoms with Crippen LogP contribution in [0.5, 0.6) is 0 Å². The van der Waals surface area contributed by atoms with Gasteiger partial charge in [-0.25, -0.2) is 14.4 Å². The van der Waals surface area contributed by atoms with Gasteiger partial charge in [-0.05, 0) is 42.8 Å². The Hall–Kier alpha value is -3.32. The molecule has 0 unspecified atom stereocenters. The molecule has 2 N–H and O–H groups in total. The molecular weight excluding hydrogens is 375 g/mol. The van der Waals surface area contributed by atoms with Gasteiger partial charge in [0.05, 0.1) is 5.39 Å². The molecule has 0 aliphatic rings. The van der Waals surface area contributed by atoms with E-state index in [1.807, 2.05) is 31.2 Å². The van der Waals surface area contributed by atoms with E-state index in [0.717, 1.165) is 31.9 Å². The van der Waals surface area contributed by atoms with Gasteiger partial charge in [0.15, 0.2) is 0 Å². The standard InChI is InChI=1S/C21H17FN4OS/c1-12-18(14-6-8-15(22)9-7-14)19-20(23-11-24-21(19)28-12)26-17-5-3-4-16(10-17)25-13(2)27/h3-11H,1-2H3,(H,25,27)(H,23,24,26). The molecule has 2 aromatic heterocycles. The number of hydrogen-bond acceptors (Lipinski definition) is 5. The van der Waals surface area contributed by atoms with Crippen LogP contribution in [0, 0.1) is 12.7 Å². The molecule has 140 valence electrons. The number of amides is 1. The largest absolute Gasteiger partial charge is 0.340 e. The van der Waals surface area contributed by atoms with E-state index in [1.54, 1.807) is 23.5 Å². The predicted octanol–water partition coefficient (Wildman–Crippen LogP) is 5.51.